The number of aromatic amines is 1. The minimum absolute atomic E-state index is 0.229. The molecule has 0 unspecified atom stereocenters. The van der Waals surface area contributed by atoms with Gasteiger partial charge in [0.1, 0.15) is 5.82 Å². The fourth-order valence-electron chi connectivity index (χ4n) is 2.93. The van der Waals surface area contributed by atoms with Crippen molar-refractivity contribution in [3.05, 3.63) is 95.0 Å². The largest absolute Gasteiger partial charge is 0.478 e. The summed E-state index contributed by atoms with van der Waals surface area (Å²) in [6.07, 6.45) is 0. The Hall–Kier alpha value is -3.37. The number of fused-ring (bicyclic) bond motifs is 1. The van der Waals surface area contributed by atoms with Gasteiger partial charge in [0, 0.05) is 10.6 Å². The van der Waals surface area contributed by atoms with Gasteiger partial charge in [-0.2, -0.15) is 0 Å². The van der Waals surface area contributed by atoms with Crippen LogP contribution in [0.1, 0.15) is 21.5 Å². The Kier molecular flexibility index (Phi) is 4.26. The van der Waals surface area contributed by atoms with Crippen LogP contribution in [0, 0.1) is 0 Å². The molecule has 1 heterocycles. The van der Waals surface area contributed by atoms with E-state index in [2.05, 4.69) is 16.5 Å². The lowest BCUT2D eigenvalue weighted by molar-refractivity contribution is 0.0697. The molecule has 0 amide bonds. The zero-order valence-corrected chi connectivity index (χ0v) is 15.0. The van der Waals surface area contributed by atoms with Gasteiger partial charge in [-0.25, -0.2) is 9.78 Å². The Balaban J connectivity index is 1.63. The van der Waals surface area contributed by atoms with Crippen LogP contribution in [0.4, 0.5) is 0 Å². The third-order valence-electron chi connectivity index (χ3n) is 4.43. The van der Waals surface area contributed by atoms with E-state index in [-0.39, 0.29) is 5.56 Å². The van der Waals surface area contributed by atoms with Gasteiger partial charge >= 0.3 is 5.97 Å². The van der Waals surface area contributed by atoms with Crippen molar-refractivity contribution in [1.29, 1.82) is 0 Å². The Labute approximate surface area is 160 Å². The number of rotatable bonds is 4. The second-order valence-corrected chi connectivity index (χ2v) is 6.62. The maximum absolute atomic E-state index is 11.1. The number of halogens is 1. The molecule has 27 heavy (non-hydrogen) atoms. The van der Waals surface area contributed by atoms with E-state index in [4.69, 9.17) is 16.7 Å². The summed E-state index contributed by atoms with van der Waals surface area (Å²) in [4.78, 5) is 18.8. The third kappa shape index (κ3) is 3.35. The molecule has 0 spiro atoms. The first kappa shape index (κ1) is 17.1. The molecule has 2 N–H and O–H groups in total. The summed E-state index contributed by atoms with van der Waals surface area (Å²) in [6, 6.07) is 20.3. The minimum Gasteiger partial charge on any atom is -0.478 e. The van der Waals surface area contributed by atoms with Crippen molar-refractivity contribution in [1.82, 2.24) is 9.97 Å². The monoisotopic (exact) mass is 374 g/mol. The molecular weight excluding hydrogens is 360 g/mol. The molecule has 4 nitrogen and oxygen atoms in total. The number of hydrogen-bond acceptors (Lipinski definition) is 2. The normalized spacial score (nSPS) is 10.9. The van der Waals surface area contributed by atoms with Gasteiger partial charge in [-0.05, 0) is 47.0 Å². The Morgan fingerprint density at radius 3 is 2.15 bits per heavy atom. The molecule has 0 saturated carbocycles. The van der Waals surface area contributed by atoms with Crippen LogP contribution in [-0.4, -0.2) is 21.0 Å². The number of nitrogens with one attached hydrogen (secondary N) is 1. The van der Waals surface area contributed by atoms with Crippen molar-refractivity contribution in [2.24, 2.45) is 0 Å². The molecule has 0 saturated heterocycles. The Morgan fingerprint density at radius 2 is 1.52 bits per heavy atom. The highest BCUT2D eigenvalue weighted by molar-refractivity contribution is 6.30. The summed E-state index contributed by atoms with van der Waals surface area (Å²) < 4.78 is 0. The smallest absolute Gasteiger partial charge is 0.335 e. The molecule has 0 fully saturated rings. The second-order valence-electron chi connectivity index (χ2n) is 6.19. The molecule has 0 bridgehead atoms. The van der Waals surface area contributed by atoms with E-state index in [1.54, 1.807) is 18.2 Å². The topological polar surface area (TPSA) is 66.0 Å². The molecule has 132 valence electrons. The number of benzene rings is 3. The second kappa shape index (κ2) is 6.74. The summed E-state index contributed by atoms with van der Waals surface area (Å²) in [5.41, 5.74) is 5.49. The number of hydrogen-bond donors (Lipinski definition) is 2. The van der Waals surface area contributed by atoms with Gasteiger partial charge in [0.25, 0.3) is 0 Å². The summed E-state index contributed by atoms with van der Waals surface area (Å²) in [5.74, 6) is -0.269. The van der Waals surface area contributed by atoms with Crippen molar-refractivity contribution in [3.8, 4) is 11.4 Å². The van der Waals surface area contributed by atoms with Crippen molar-refractivity contribution < 1.29 is 9.90 Å². The minimum atomic E-state index is -0.960. The average Bonchev–Trinajstić information content (AvgIpc) is 3.11. The van der Waals surface area contributed by atoms with Crippen molar-refractivity contribution in [2.75, 3.05) is 0 Å². The molecule has 1 aromatic heterocycles. The number of carbonyl (C=O) groups is 1. The first-order valence-corrected chi connectivity index (χ1v) is 8.68. The zero-order chi connectivity index (χ0) is 19.0. The number of aromatic nitrogens is 2. The predicted octanol–water partition coefficient (Wildman–Crippen LogP) is 5.64. The Bertz CT molecular complexity index is 1160. The molecular formula is C22H15ClN2O2. The first-order chi connectivity index (χ1) is 13.0. The average molecular weight is 375 g/mol. The van der Waals surface area contributed by atoms with Gasteiger partial charge in [-0.3, -0.25) is 0 Å². The lowest BCUT2D eigenvalue weighted by Gasteiger charge is -2.07. The molecule has 4 rings (SSSR count). The molecule has 3 aromatic carbocycles. The SMILES string of the molecule is C=C(c1ccc(Cl)cc1)c1ccc(-c2nc3ccc(C(=O)O)cc3[nH]2)cc1. The molecule has 0 atom stereocenters. The fourth-order valence-corrected chi connectivity index (χ4v) is 3.05. The maximum Gasteiger partial charge on any atom is 0.335 e. The fraction of sp³-hybridized carbons (Fsp3) is 0. The molecule has 4 aromatic rings. The van der Waals surface area contributed by atoms with Crippen LogP contribution in [0.25, 0.3) is 28.0 Å². The quantitative estimate of drug-likeness (QED) is 0.485. The van der Waals surface area contributed by atoms with Crippen molar-refractivity contribution in [3.63, 3.8) is 0 Å². The lowest BCUT2D eigenvalue weighted by atomic mass is 9.98. The van der Waals surface area contributed by atoms with E-state index >= 15 is 0 Å². The number of H-pyrrole nitrogens is 1. The lowest BCUT2D eigenvalue weighted by Crippen LogP contribution is -1.94. The highest BCUT2D eigenvalue weighted by Crippen LogP contribution is 2.26. The highest BCUT2D eigenvalue weighted by atomic mass is 35.5. The summed E-state index contributed by atoms with van der Waals surface area (Å²) in [5, 5.41) is 9.80. The van der Waals surface area contributed by atoms with E-state index in [0.717, 1.165) is 27.8 Å². The molecule has 0 radical (unpaired) electrons. The van der Waals surface area contributed by atoms with E-state index in [9.17, 15) is 4.79 Å². The molecule has 0 aliphatic rings. The van der Waals surface area contributed by atoms with Gasteiger partial charge in [0.2, 0.25) is 0 Å². The van der Waals surface area contributed by atoms with Gasteiger partial charge in [-0.1, -0.05) is 54.6 Å². The first-order valence-electron chi connectivity index (χ1n) is 8.30. The van der Waals surface area contributed by atoms with Crippen LogP contribution in [0.2, 0.25) is 5.02 Å². The molecule has 0 aliphatic heterocycles. The van der Waals surface area contributed by atoms with E-state index < -0.39 is 5.97 Å². The van der Waals surface area contributed by atoms with Crippen molar-refractivity contribution in [2.45, 2.75) is 0 Å². The number of nitrogens with zero attached hydrogens (tertiary/aromatic N) is 1. The van der Waals surface area contributed by atoms with Crippen LogP contribution in [0.15, 0.2) is 73.3 Å². The van der Waals surface area contributed by atoms with Crippen LogP contribution < -0.4 is 0 Å². The standard InChI is InChI=1S/C22H15ClN2O2/c1-13(15-6-9-18(23)10-7-15)14-2-4-16(5-3-14)21-24-19-11-8-17(22(26)27)12-20(19)25-21/h2-12H,1H2,(H,24,25)(H,26,27). The van der Waals surface area contributed by atoms with Crippen LogP contribution in [0.5, 0.6) is 0 Å². The van der Waals surface area contributed by atoms with Gasteiger partial charge in [0.05, 0.1) is 16.6 Å². The Morgan fingerprint density at radius 1 is 0.926 bits per heavy atom. The molecule has 0 aliphatic carbocycles. The number of aromatic carboxylic acids is 1. The van der Waals surface area contributed by atoms with Crippen LogP contribution in [-0.2, 0) is 0 Å². The number of imidazole rings is 1. The highest BCUT2D eigenvalue weighted by Gasteiger charge is 2.10. The maximum atomic E-state index is 11.1. The summed E-state index contributed by atoms with van der Waals surface area (Å²) >= 11 is 5.94. The van der Waals surface area contributed by atoms with Gasteiger partial charge in [0.15, 0.2) is 0 Å². The van der Waals surface area contributed by atoms with Crippen LogP contribution >= 0.6 is 11.6 Å². The third-order valence-corrected chi connectivity index (χ3v) is 4.68. The van der Waals surface area contributed by atoms with Gasteiger partial charge in [-0.15, -0.1) is 0 Å². The molecule has 5 heteroatoms. The predicted molar refractivity (Wildman–Crippen MR) is 108 cm³/mol. The van der Waals surface area contributed by atoms with E-state index in [1.807, 2.05) is 48.5 Å². The van der Waals surface area contributed by atoms with E-state index in [1.165, 1.54) is 0 Å². The summed E-state index contributed by atoms with van der Waals surface area (Å²) in [7, 11) is 0. The number of carboxylic acid groups (broad SMARTS) is 1. The van der Waals surface area contributed by atoms with E-state index in [0.29, 0.717) is 16.4 Å². The van der Waals surface area contributed by atoms with Gasteiger partial charge < -0.3 is 10.1 Å². The zero-order valence-electron chi connectivity index (χ0n) is 14.2. The summed E-state index contributed by atoms with van der Waals surface area (Å²) in [6.45, 7) is 4.17. The number of carboxylic acids is 1. The van der Waals surface area contributed by atoms with Crippen LogP contribution in [0.3, 0.4) is 0 Å². The van der Waals surface area contributed by atoms with Crippen molar-refractivity contribution >= 4 is 34.2 Å².